The third-order valence-corrected chi connectivity index (χ3v) is 2.93. The maximum atomic E-state index is 5.87. The number of nitrogens with one attached hydrogen (secondary N) is 1. The number of methoxy groups -OCH3 is 1. The van der Waals surface area contributed by atoms with Gasteiger partial charge in [0.2, 0.25) is 0 Å². The highest BCUT2D eigenvalue weighted by molar-refractivity contribution is 5.19. The zero-order chi connectivity index (χ0) is 13.2. The van der Waals surface area contributed by atoms with Gasteiger partial charge < -0.3 is 14.8 Å². The van der Waals surface area contributed by atoms with E-state index in [9.17, 15) is 0 Å². The first-order valence-electron chi connectivity index (χ1n) is 6.68. The molecule has 0 aliphatic heterocycles. The van der Waals surface area contributed by atoms with E-state index in [0.717, 1.165) is 26.2 Å². The summed E-state index contributed by atoms with van der Waals surface area (Å²) in [7, 11) is 1.72. The zero-order valence-electron chi connectivity index (χ0n) is 11.7. The van der Waals surface area contributed by atoms with E-state index in [0.29, 0.717) is 0 Å². The maximum Gasteiger partial charge on any atom is 0.0741 e. The lowest BCUT2D eigenvalue weighted by Crippen LogP contribution is -2.32. The Balaban J connectivity index is 2.50. The first kappa shape index (κ1) is 15.2. The van der Waals surface area contributed by atoms with Crippen LogP contribution in [0.2, 0.25) is 0 Å². The summed E-state index contributed by atoms with van der Waals surface area (Å²) in [4.78, 5) is 0. The van der Waals surface area contributed by atoms with Crippen LogP contribution in [0, 0.1) is 0 Å². The Morgan fingerprint density at radius 2 is 1.89 bits per heavy atom. The summed E-state index contributed by atoms with van der Waals surface area (Å²) >= 11 is 0. The van der Waals surface area contributed by atoms with E-state index in [4.69, 9.17) is 9.47 Å². The number of hydrogen-bond donors (Lipinski definition) is 1. The fourth-order valence-corrected chi connectivity index (χ4v) is 2.00. The summed E-state index contributed by atoms with van der Waals surface area (Å²) in [5.41, 5.74) is 1.28. The van der Waals surface area contributed by atoms with Crippen LogP contribution in [0.4, 0.5) is 0 Å². The molecule has 0 radical (unpaired) electrons. The first-order chi connectivity index (χ1) is 8.79. The molecule has 0 bridgehead atoms. The van der Waals surface area contributed by atoms with E-state index < -0.39 is 0 Å². The van der Waals surface area contributed by atoms with Crippen LogP contribution in [0.3, 0.4) is 0 Å². The Bertz CT molecular complexity index is 303. The molecule has 1 N–H and O–H groups in total. The minimum absolute atomic E-state index is 0.157. The van der Waals surface area contributed by atoms with E-state index in [1.165, 1.54) is 5.56 Å². The molecule has 0 saturated heterocycles. The van der Waals surface area contributed by atoms with Gasteiger partial charge in [-0.05, 0) is 25.5 Å². The van der Waals surface area contributed by atoms with Crippen LogP contribution in [-0.4, -0.2) is 33.0 Å². The molecule has 0 aromatic heterocycles. The van der Waals surface area contributed by atoms with E-state index in [1.807, 2.05) is 6.07 Å². The predicted molar refractivity (Wildman–Crippen MR) is 74.8 cm³/mol. The van der Waals surface area contributed by atoms with Crippen molar-refractivity contribution >= 4 is 0 Å². The van der Waals surface area contributed by atoms with E-state index in [1.54, 1.807) is 7.11 Å². The van der Waals surface area contributed by atoms with Gasteiger partial charge in [0.25, 0.3) is 0 Å². The van der Waals surface area contributed by atoms with E-state index in [2.05, 4.69) is 43.4 Å². The van der Waals surface area contributed by atoms with E-state index in [-0.39, 0.29) is 12.1 Å². The van der Waals surface area contributed by atoms with Gasteiger partial charge in [0, 0.05) is 20.3 Å². The molecule has 0 amide bonds. The zero-order valence-corrected chi connectivity index (χ0v) is 11.7. The van der Waals surface area contributed by atoms with Gasteiger partial charge in [0.05, 0.1) is 12.1 Å². The van der Waals surface area contributed by atoms with Crippen molar-refractivity contribution < 1.29 is 9.47 Å². The highest BCUT2D eigenvalue weighted by Gasteiger charge is 2.18. The van der Waals surface area contributed by atoms with Crippen molar-refractivity contribution in [2.24, 2.45) is 0 Å². The highest BCUT2D eigenvalue weighted by atomic mass is 16.5. The van der Waals surface area contributed by atoms with Gasteiger partial charge in [-0.3, -0.25) is 0 Å². The van der Waals surface area contributed by atoms with Crippen LogP contribution < -0.4 is 5.32 Å². The van der Waals surface area contributed by atoms with Crippen LogP contribution in [0.5, 0.6) is 0 Å². The molecule has 0 spiro atoms. The SMILES string of the molecule is CCNC(c1ccccc1)C(C)OCCCOC. The monoisotopic (exact) mass is 251 g/mol. The van der Waals surface area contributed by atoms with Crippen molar-refractivity contribution in [2.45, 2.75) is 32.4 Å². The minimum atomic E-state index is 0.157. The van der Waals surface area contributed by atoms with Crippen molar-refractivity contribution in [3.63, 3.8) is 0 Å². The summed E-state index contributed by atoms with van der Waals surface area (Å²) in [6.45, 7) is 6.67. The van der Waals surface area contributed by atoms with Crippen LogP contribution in [0.25, 0.3) is 0 Å². The smallest absolute Gasteiger partial charge is 0.0741 e. The molecule has 0 fully saturated rings. The molecular formula is C15H25NO2. The second-order valence-electron chi connectivity index (χ2n) is 4.37. The number of ether oxygens (including phenoxy) is 2. The van der Waals surface area contributed by atoms with Gasteiger partial charge >= 0.3 is 0 Å². The van der Waals surface area contributed by atoms with Gasteiger partial charge in [-0.15, -0.1) is 0 Å². The Hall–Kier alpha value is -0.900. The maximum absolute atomic E-state index is 5.87. The van der Waals surface area contributed by atoms with Crippen molar-refractivity contribution in [3.8, 4) is 0 Å². The second-order valence-corrected chi connectivity index (χ2v) is 4.37. The summed E-state index contributed by atoms with van der Waals surface area (Å²) < 4.78 is 10.9. The summed E-state index contributed by atoms with van der Waals surface area (Å²) in [6.07, 6.45) is 1.10. The Labute approximate surface area is 110 Å². The van der Waals surface area contributed by atoms with Crippen molar-refractivity contribution in [1.29, 1.82) is 0 Å². The third kappa shape index (κ3) is 5.17. The van der Waals surface area contributed by atoms with Gasteiger partial charge in [-0.25, -0.2) is 0 Å². The van der Waals surface area contributed by atoms with Gasteiger partial charge in [0.15, 0.2) is 0 Å². The minimum Gasteiger partial charge on any atom is -0.385 e. The fraction of sp³-hybridized carbons (Fsp3) is 0.600. The van der Waals surface area contributed by atoms with Gasteiger partial charge in [-0.1, -0.05) is 37.3 Å². The molecule has 1 aromatic rings. The van der Waals surface area contributed by atoms with Crippen molar-refractivity contribution in [2.75, 3.05) is 26.9 Å². The van der Waals surface area contributed by atoms with Crippen LogP contribution in [0.1, 0.15) is 31.9 Å². The molecule has 2 atom stereocenters. The molecule has 1 aromatic carbocycles. The molecule has 3 nitrogen and oxygen atoms in total. The Morgan fingerprint density at radius 3 is 2.50 bits per heavy atom. The molecule has 102 valence electrons. The van der Waals surface area contributed by atoms with Crippen molar-refractivity contribution in [1.82, 2.24) is 5.32 Å². The number of likely N-dealkylation sites (N-methyl/N-ethyl adjacent to an activating group) is 1. The Morgan fingerprint density at radius 1 is 1.17 bits per heavy atom. The predicted octanol–water partition coefficient (Wildman–Crippen LogP) is 2.78. The van der Waals surface area contributed by atoms with Crippen LogP contribution >= 0.6 is 0 Å². The summed E-state index contributed by atoms with van der Waals surface area (Å²) in [5.74, 6) is 0. The quantitative estimate of drug-likeness (QED) is 0.685. The molecule has 3 heteroatoms. The average Bonchev–Trinajstić information content (AvgIpc) is 2.41. The molecule has 0 aliphatic carbocycles. The lowest BCUT2D eigenvalue weighted by Gasteiger charge is -2.25. The summed E-state index contributed by atoms with van der Waals surface area (Å²) in [5, 5.41) is 3.48. The standard InChI is InChI=1S/C15H25NO2/c1-4-16-15(14-9-6-5-7-10-14)13(2)18-12-8-11-17-3/h5-7,9-10,13,15-16H,4,8,11-12H2,1-3H3. The second kappa shape index (κ2) is 9.09. The van der Waals surface area contributed by atoms with Crippen molar-refractivity contribution in [3.05, 3.63) is 35.9 Å². The normalized spacial score (nSPS) is 14.4. The topological polar surface area (TPSA) is 30.5 Å². The number of benzene rings is 1. The number of hydrogen-bond acceptors (Lipinski definition) is 3. The van der Waals surface area contributed by atoms with Gasteiger partial charge in [-0.2, -0.15) is 0 Å². The summed E-state index contributed by atoms with van der Waals surface area (Å²) in [6, 6.07) is 10.7. The highest BCUT2D eigenvalue weighted by Crippen LogP contribution is 2.19. The molecule has 2 unspecified atom stereocenters. The van der Waals surface area contributed by atoms with E-state index >= 15 is 0 Å². The molecule has 18 heavy (non-hydrogen) atoms. The lowest BCUT2D eigenvalue weighted by atomic mass is 10.0. The van der Waals surface area contributed by atoms with Gasteiger partial charge in [0.1, 0.15) is 0 Å². The fourth-order valence-electron chi connectivity index (χ4n) is 2.00. The molecule has 0 heterocycles. The molecular weight excluding hydrogens is 226 g/mol. The van der Waals surface area contributed by atoms with Crippen LogP contribution in [-0.2, 0) is 9.47 Å². The molecule has 1 rings (SSSR count). The Kier molecular flexibility index (Phi) is 7.65. The number of rotatable bonds is 9. The van der Waals surface area contributed by atoms with Crippen LogP contribution in [0.15, 0.2) is 30.3 Å². The first-order valence-corrected chi connectivity index (χ1v) is 6.68. The molecule has 0 saturated carbocycles. The average molecular weight is 251 g/mol. The third-order valence-electron chi connectivity index (χ3n) is 2.93. The largest absolute Gasteiger partial charge is 0.385 e. The molecule has 0 aliphatic rings. The lowest BCUT2D eigenvalue weighted by molar-refractivity contribution is 0.0274.